The molecule has 1 N–H and O–H groups in total. The third-order valence-corrected chi connectivity index (χ3v) is 5.27. The first-order valence-electron chi connectivity index (χ1n) is 10.4. The molecule has 0 amide bonds. The predicted molar refractivity (Wildman–Crippen MR) is 128 cm³/mol. The molecule has 0 spiro atoms. The number of halogens is 1. The monoisotopic (exact) mass is 486 g/mol. The first-order valence-corrected chi connectivity index (χ1v) is 10.4. The molecule has 1 heterocycles. The van der Waals surface area contributed by atoms with Gasteiger partial charge in [-0.05, 0) is 58.2 Å². The van der Waals surface area contributed by atoms with Gasteiger partial charge in [0.1, 0.15) is 0 Å². The average Bonchev–Trinajstić information content (AvgIpc) is 3.06. The van der Waals surface area contributed by atoms with Crippen LogP contribution in [0.5, 0.6) is 0 Å². The van der Waals surface area contributed by atoms with E-state index >= 15 is 0 Å². The van der Waals surface area contributed by atoms with E-state index in [1.807, 2.05) is 0 Å². The summed E-state index contributed by atoms with van der Waals surface area (Å²) in [4.78, 5) is 9.92. The lowest BCUT2D eigenvalue weighted by Gasteiger charge is -2.24. The van der Waals surface area contributed by atoms with E-state index < -0.39 is 0 Å². The molecule has 0 aliphatic carbocycles. The fraction of sp³-hybridized carbons (Fsp3) is 0.682. The third kappa shape index (κ3) is 7.98. The molecule has 154 valence electrons. The summed E-state index contributed by atoms with van der Waals surface area (Å²) >= 11 is 0. The van der Waals surface area contributed by atoms with Crippen LogP contribution in [0.1, 0.15) is 43.9 Å². The maximum atomic E-state index is 4.92. The summed E-state index contributed by atoms with van der Waals surface area (Å²) in [6, 6.07) is 6.80. The highest BCUT2D eigenvalue weighted by atomic mass is 127. The van der Waals surface area contributed by atoms with Gasteiger partial charge in [-0.25, -0.2) is 0 Å². The van der Waals surface area contributed by atoms with Crippen LogP contribution in [0.25, 0.3) is 0 Å². The molecule has 1 fully saturated rings. The number of aryl methyl sites for hydroxylation is 2. The maximum absolute atomic E-state index is 4.92. The van der Waals surface area contributed by atoms with E-state index in [9.17, 15) is 0 Å². The molecular weight excluding hydrogens is 447 g/mol. The number of aliphatic imine (C=N–C) groups is 1. The van der Waals surface area contributed by atoms with Gasteiger partial charge in [0.2, 0.25) is 0 Å². The summed E-state index contributed by atoms with van der Waals surface area (Å²) in [6.45, 7) is 18.6. The van der Waals surface area contributed by atoms with Crippen LogP contribution in [0.2, 0.25) is 0 Å². The number of benzene rings is 1. The summed E-state index contributed by atoms with van der Waals surface area (Å²) in [5, 5.41) is 3.50. The Labute approximate surface area is 183 Å². The molecule has 1 aliphatic rings. The Morgan fingerprint density at radius 2 is 1.81 bits per heavy atom. The van der Waals surface area contributed by atoms with Crippen LogP contribution in [0.4, 0.5) is 0 Å². The first kappa shape index (κ1) is 24.2. The van der Waals surface area contributed by atoms with Gasteiger partial charge in [-0.3, -0.25) is 4.99 Å². The normalized spacial score (nSPS) is 17.3. The number of hydrogen-bond donors (Lipinski definition) is 1. The minimum atomic E-state index is 0. The van der Waals surface area contributed by atoms with Gasteiger partial charge in [-0.1, -0.05) is 43.2 Å². The van der Waals surface area contributed by atoms with Gasteiger partial charge >= 0.3 is 0 Å². The van der Waals surface area contributed by atoms with Crippen molar-refractivity contribution in [2.75, 3.05) is 45.8 Å². The van der Waals surface area contributed by atoms with Crippen molar-refractivity contribution in [3.05, 3.63) is 34.9 Å². The highest BCUT2D eigenvalue weighted by molar-refractivity contribution is 14.0. The number of nitrogens with zero attached hydrogens (tertiary/aromatic N) is 3. The summed E-state index contributed by atoms with van der Waals surface area (Å²) in [6.07, 6.45) is 2.28. The molecule has 0 aromatic heterocycles. The molecule has 5 heteroatoms. The summed E-state index contributed by atoms with van der Waals surface area (Å²) < 4.78 is 0. The topological polar surface area (TPSA) is 30.9 Å². The molecule has 1 saturated heterocycles. The van der Waals surface area contributed by atoms with Crippen LogP contribution < -0.4 is 5.32 Å². The van der Waals surface area contributed by atoms with E-state index in [1.54, 1.807) is 0 Å². The van der Waals surface area contributed by atoms with Crippen LogP contribution in [0.15, 0.2) is 23.2 Å². The fourth-order valence-electron chi connectivity index (χ4n) is 3.95. The molecule has 4 nitrogen and oxygen atoms in total. The molecular formula is C22H39IN4. The van der Waals surface area contributed by atoms with Crippen LogP contribution >= 0.6 is 24.0 Å². The van der Waals surface area contributed by atoms with Crippen molar-refractivity contribution < 1.29 is 0 Å². The Morgan fingerprint density at radius 3 is 2.41 bits per heavy atom. The average molecular weight is 486 g/mol. The number of guanidine groups is 1. The molecule has 1 atom stereocenters. The Hall–Kier alpha value is -0.820. The molecule has 2 rings (SSSR count). The van der Waals surface area contributed by atoms with Crippen LogP contribution in [0.3, 0.4) is 0 Å². The molecule has 0 saturated carbocycles. The SMILES string of the molecule is CCNC(=NCCc1cc(C)cc(C)c1)N1CCC(CN(CC)CC)C1.I. The summed E-state index contributed by atoms with van der Waals surface area (Å²) in [7, 11) is 0. The predicted octanol–water partition coefficient (Wildman–Crippen LogP) is 4.09. The van der Waals surface area contributed by atoms with E-state index in [0.29, 0.717) is 0 Å². The van der Waals surface area contributed by atoms with Crippen LogP contribution in [-0.2, 0) is 6.42 Å². The Balaban J connectivity index is 0.00000364. The second-order valence-electron chi connectivity index (χ2n) is 7.57. The van der Waals surface area contributed by atoms with Crippen molar-refractivity contribution in [2.24, 2.45) is 10.9 Å². The number of nitrogens with one attached hydrogen (secondary N) is 1. The lowest BCUT2D eigenvalue weighted by molar-refractivity contribution is 0.255. The minimum Gasteiger partial charge on any atom is -0.357 e. The quantitative estimate of drug-likeness (QED) is 0.341. The standard InChI is InChI=1S/C22H38N4.HI/c1-6-23-22(24-11-9-20-14-18(4)13-19(5)15-20)26-12-10-21(17-26)16-25(7-2)8-3;/h13-15,21H,6-12,16-17H2,1-5H3,(H,23,24);1H. The number of likely N-dealkylation sites (tertiary alicyclic amines) is 1. The van der Waals surface area contributed by atoms with Gasteiger partial charge in [0.25, 0.3) is 0 Å². The van der Waals surface area contributed by atoms with Crippen molar-refractivity contribution in [3.8, 4) is 0 Å². The van der Waals surface area contributed by atoms with Gasteiger partial charge in [0, 0.05) is 32.7 Å². The van der Waals surface area contributed by atoms with Crippen molar-refractivity contribution in [2.45, 2.75) is 47.5 Å². The Bertz CT molecular complexity index is 563. The lowest BCUT2D eigenvalue weighted by Crippen LogP contribution is -2.41. The van der Waals surface area contributed by atoms with Gasteiger partial charge in [-0.2, -0.15) is 0 Å². The molecule has 1 aromatic rings. The van der Waals surface area contributed by atoms with Crippen molar-refractivity contribution in [1.82, 2.24) is 15.1 Å². The van der Waals surface area contributed by atoms with E-state index in [1.165, 1.54) is 29.7 Å². The molecule has 0 radical (unpaired) electrons. The highest BCUT2D eigenvalue weighted by Gasteiger charge is 2.25. The number of hydrogen-bond acceptors (Lipinski definition) is 2. The zero-order valence-corrected chi connectivity index (χ0v) is 20.3. The van der Waals surface area contributed by atoms with E-state index in [0.717, 1.165) is 57.6 Å². The molecule has 0 bridgehead atoms. The third-order valence-electron chi connectivity index (χ3n) is 5.27. The smallest absolute Gasteiger partial charge is 0.193 e. The second-order valence-corrected chi connectivity index (χ2v) is 7.57. The fourth-order valence-corrected chi connectivity index (χ4v) is 3.95. The highest BCUT2D eigenvalue weighted by Crippen LogP contribution is 2.18. The lowest BCUT2D eigenvalue weighted by atomic mass is 10.1. The Morgan fingerprint density at radius 1 is 1.15 bits per heavy atom. The zero-order chi connectivity index (χ0) is 18.9. The van der Waals surface area contributed by atoms with Crippen LogP contribution in [-0.4, -0.2) is 61.6 Å². The molecule has 1 unspecified atom stereocenters. The van der Waals surface area contributed by atoms with Gasteiger partial charge in [-0.15, -0.1) is 24.0 Å². The zero-order valence-electron chi connectivity index (χ0n) is 17.9. The van der Waals surface area contributed by atoms with Gasteiger partial charge in [0.05, 0.1) is 0 Å². The van der Waals surface area contributed by atoms with E-state index in [4.69, 9.17) is 4.99 Å². The Kier molecular flexibility index (Phi) is 11.3. The molecule has 1 aromatic carbocycles. The van der Waals surface area contributed by atoms with Crippen LogP contribution in [0, 0.1) is 19.8 Å². The van der Waals surface area contributed by atoms with Crippen molar-refractivity contribution in [1.29, 1.82) is 0 Å². The van der Waals surface area contributed by atoms with Gasteiger partial charge < -0.3 is 15.1 Å². The first-order chi connectivity index (χ1) is 12.5. The van der Waals surface area contributed by atoms with E-state index in [-0.39, 0.29) is 24.0 Å². The van der Waals surface area contributed by atoms with Crippen molar-refractivity contribution >= 4 is 29.9 Å². The number of rotatable bonds is 8. The van der Waals surface area contributed by atoms with E-state index in [2.05, 4.69) is 67.9 Å². The summed E-state index contributed by atoms with van der Waals surface area (Å²) in [5.74, 6) is 1.86. The van der Waals surface area contributed by atoms with Crippen molar-refractivity contribution in [3.63, 3.8) is 0 Å². The van der Waals surface area contributed by atoms with Gasteiger partial charge in [0.15, 0.2) is 5.96 Å². The minimum absolute atomic E-state index is 0. The molecule has 1 aliphatic heterocycles. The second kappa shape index (κ2) is 12.6. The maximum Gasteiger partial charge on any atom is 0.193 e. The summed E-state index contributed by atoms with van der Waals surface area (Å²) in [5.41, 5.74) is 4.08. The largest absolute Gasteiger partial charge is 0.357 e. The molecule has 27 heavy (non-hydrogen) atoms.